The highest BCUT2D eigenvalue weighted by Crippen LogP contribution is 2.25. The molecule has 0 aromatic heterocycles. The van der Waals surface area contributed by atoms with Crippen LogP contribution in [-0.2, 0) is 6.61 Å². The Kier molecular flexibility index (Phi) is 4.62. The van der Waals surface area contributed by atoms with Gasteiger partial charge in [-0.3, -0.25) is 0 Å². The zero-order valence-electron chi connectivity index (χ0n) is 9.43. The second-order valence-electron chi connectivity index (χ2n) is 3.28. The van der Waals surface area contributed by atoms with Gasteiger partial charge < -0.3 is 14.6 Å². The standard InChI is InChI=1S/C12H15NO3/c1-3-10(7-13)16-12-5-4-11(15-2)6-9(12)8-14/h4-6,10,14H,3,8H2,1-2H3. The van der Waals surface area contributed by atoms with Gasteiger partial charge in [-0.1, -0.05) is 6.92 Å². The third-order valence-electron chi connectivity index (χ3n) is 2.22. The van der Waals surface area contributed by atoms with Gasteiger partial charge in [0.2, 0.25) is 0 Å². The quantitative estimate of drug-likeness (QED) is 0.824. The van der Waals surface area contributed by atoms with E-state index in [4.69, 9.17) is 14.7 Å². The minimum atomic E-state index is -0.487. The van der Waals surface area contributed by atoms with E-state index in [1.54, 1.807) is 25.3 Å². The fourth-order valence-corrected chi connectivity index (χ4v) is 1.28. The molecule has 1 aromatic carbocycles. The van der Waals surface area contributed by atoms with Gasteiger partial charge in [0.25, 0.3) is 0 Å². The second-order valence-corrected chi connectivity index (χ2v) is 3.28. The van der Waals surface area contributed by atoms with E-state index in [1.165, 1.54) is 0 Å². The van der Waals surface area contributed by atoms with Crippen LogP contribution in [0.15, 0.2) is 18.2 Å². The maximum absolute atomic E-state index is 9.18. The number of hydrogen-bond donors (Lipinski definition) is 1. The Morgan fingerprint density at radius 3 is 2.75 bits per heavy atom. The van der Waals surface area contributed by atoms with Crippen molar-refractivity contribution in [2.45, 2.75) is 26.1 Å². The molecule has 0 saturated heterocycles. The smallest absolute Gasteiger partial charge is 0.184 e. The molecule has 1 N–H and O–H groups in total. The van der Waals surface area contributed by atoms with Crippen molar-refractivity contribution in [3.8, 4) is 17.6 Å². The summed E-state index contributed by atoms with van der Waals surface area (Å²) in [5.74, 6) is 1.18. The minimum absolute atomic E-state index is 0.144. The molecule has 1 atom stereocenters. The molecule has 4 nitrogen and oxygen atoms in total. The van der Waals surface area contributed by atoms with Crippen LogP contribution in [0.1, 0.15) is 18.9 Å². The molecule has 0 radical (unpaired) electrons. The van der Waals surface area contributed by atoms with Crippen LogP contribution < -0.4 is 9.47 Å². The monoisotopic (exact) mass is 221 g/mol. The zero-order valence-corrected chi connectivity index (χ0v) is 9.43. The van der Waals surface area contributed by atoms with Crippen LogP contribution in [0.3, 0.4) is 0 Å². The topological polar surface area (TPSA) is 62.5 Å². The molecule has 0 aliphatic heterocycles. The number of benzene rings is 1. The van der Waals surface area contributed by atoms with Crippen molar-refractivity contribution in [1.29, 1.82) is 5.26 Å². The van der Waals surface area contributed by atoms with Crippen LogP contribution in [-0.4, -0.2) is 18.3 Å². The number of aliphatic hydroxyl groups is 1. The molecule has 4 heteroatoms. The number of nitriles is 1. The fourth-order valence-electron chi connectivity index (χ4n) is 1.28. The van der Waals surface area contributed by atoms with Crippen LogP contribution in [0.2, 0.25) is 0 Å². The first-order valence-electron chi connectivity index (χ1n) is 5.09. The van der Waals surface area contributed by atoms with Gasteiger partial charge in [-0.25, -0.2) is 0 Å². The Bertz CT molecular complexity index is 384. The van der Waals surface area contributed by atoms with Gasteiger partial charge in [0.05, 0.1) is 13.7 Å². The summed E-state index contributed by atoms with van der Waals surface area (Å²) in [5, 5.41) is 18.0. The number of ether oxygens (including phenoxy) is 2. The van der Waals surface area contributed by atoms with Crippen molar-refractivity contribution in [2.24, 2.45) is 0 Å². The molecule has 0 spiro atoms. The third-order valence-corrected chi connectivity index (χ3v) is 2.22. The van der Waals surface area contributed by atoms with E-state index >= 15 is 0 Å². The molecule has 0 saturated carbocycles. The van der Waals surface area contributed by atoms with Crippen molar-refractivity contribution in [3.63, 3.8) is 0 Å². The molecule has 1 aromatic rings. The van der Waals surface area contributed by atoms with Crippen LogP contribution in [0.25, 0.3) is 0 Å². The number of rotatable bonds is 5. The highest BCUT2D eigenvalue weighted by molar-refractivity contribution is 5.40. The Labute approximate surface area is 95.0 Å². The number of hydrogen-bond acceptors (Lipinski definition) is 4. The lowest BCUT2D eigenvalue weighted by Gasteiger charge is -2.14. The highest BCUT2D eigenvalue weighted by atomic mass is 16.5. The summed E-state index contributed by atoms with van der Waals surface area (Å²) in [6.45, 7) is 1.73. The lowest BCUT2D eigenvalue weighted by Crippen LogP contribution is -2.13. The van der Waals surface area contributed by atoms with Gasteiger partial charge in [0.1, 0.15) is 17.6 Å². The van der Waals surface area contributed by atoms with Gasteiger partial charge in [-0.15, -0.1) is 0 Å². The molecule has 1 unspecified atom stereocenters. The van der Waals surface area contributed by atoms with E-state index in [9.17, 15) is 5.11 Å². The fraction of sp³-hybridized carbons (Fsp3) is 0.417. The molecule has 0 aliphatic carbocycles. The predicted octanol–water partition coefficient (Wildman–Crippen LogP) is 1.87. The Balaban J connectivity index is 2.91. The van der Waals surface area contributed by atoms with Crippen molar-refractivity contribution in [3.05, 3.63) is 23.8 Å². The normalized spacial score (nSPS) is 11.6. The number of methoxy groups -OCH3 is 1. The molecule has 0 fully saturated rings. The lowest BCUT2D eigenvalue weighted by atomic mass is 10.2. The average Bonchev–Trinajstić information content (AvgIpc) is 2.35. The van der Waals surface area contributed by atoms with Gasteiger partial charge >= 0.3 is 0 Å². The van der Waals surface area contributed by atoms with Crippen LogP contribution in [0.5, 0.6) is 11.5 Å². The number of aliphatic hydroxyl groups excluding tert-OH is 1. The Morgan fingerprint density at radius 2 is 2.25 bits per heavy atom. The van der Waals surface area contributed by atoms with Gasteiger partial charge in [-0.2, -0.15) is 5.26 Å². The molecule has 16 heavy (non-hydrogen) atoms. The second kappa shape index (κ2) is 5.99. The lowest BCUT2D eigenvalue weighted by molar-refractivity contribution is 0.232. The molecule has 1 rings (SSSR count). The van der Waals surface area contributed by atoms with Gasteiger partial charge in [0, 0.05) is 5.56 Å². The van der Waals surface area contributed by atoms with E-state index in [0.29, 0.717) is 23.5 Å². The third kappa shape index (κ3) is 2.88. The summed E-state index contributed by atoms with van der Waals surface area (Å²) >= 11 is 0. The van der Waals surface area contributed by atoms with Crippen molar-refractivity contribution in [1.82, 2.24) is 0 Å². The van der Waals surface area contributed by atoms with Crippen LogP contribution >= 0.6 is 0 Å². The Hall–Kier alpha value is -1.73. The summed E-state index contributed by atoms with van der Waals surface area (Å²) < 4.78 is 10.5. The highest BCUT2D eigenvalue weighted by Gasteiger charge is 2.10. The Morgan fingerprint density at radius 1 is 1.50 bits per heavy atom. The first-order valence-corrected chi connectivity index (χ1v) is 5.09. The van der Waals surface area contributed by atoms with E-state index in [2.05, 4.69) is 0 Å². The zero-order chi connectivity index (χ0) is 12.0. The molecular formula is C12H15NO3. The molecule has 0 heterocycles. The van der Waals surface area contributed by atoms with Crippen molar-refractivity contribution >= 4 is 0 Å². The summed E-state index contributed by atoms with van der Waals surface area (Å²) in [4.78, 5) is 0. The molecule has 86 valence electrons. The van der Waals surface area contributed by atoms with Gasteiger partial charge in [-0.05, 0) is 24.6 Å². The van der Waals surface area contributed by atoms with E-state index in [-0.39, 0.29) is 6.61 Å². The van der Waals surface area contributed by atoms with E-state index in [1.807, 2.05) is 13.0 Å². The molecule has 0 bridgehead atoms. The van der Waals surface area contributed by atoms with E-state index in [0.717, 1.165) is 0 Å². The van der Waals surface area contributed by atoms with Crippen molar-refractivity contribution < 1.29 is 14.6 Å². The van der Waals surface area contributed by atoms with Gasteiger partial charge in [0.15, 0.2) is 6.10 Å². The first kappa shape index (κ1) is 12.3. The minimum Gasteiger partial charge on any atom is -0.497 e. The maximum atomic E-state index is 9.18. The predicted molar refractivity (Wildman–Crippen MR) is 59.2 cm³/mol. The average molecular weight is 221 g/mol. The number of nitrogens with zero attached hydrogens (tertiary/aromatic N) is 1. The molecular weight excluding hydrogens is 206 g/mol. The van der Waals surface area contributed by atoms with Crippen LogP contribution in [0.4, 0.5) is 0 Å². The van der Waals surface area contributed by atoms with Crippen molar-refractivity contribution in [2.75, 3.05) is 7.11 Å². The summed E-state index contributed by atoms with van der Waals surface area (Å²) in [7, 11) is 1.56. The largest absolute Gasteiger partial charge is 0.497 e. The first-order chi connectivity index (χ1) is 7.74. The van der Waals surface area contributed by atoms with E-state index < -0.39 is 6.10 Å². The maximum Gasteiger partial charge on any atom is 0.184 e. The molecule has 0 amide bonds. The SMILES string of the molecule is CCC(C#N)Oc1ccc(OC)cc1CO. The summed E-state index contributed by atoms with van der Waals surface area (Å²) in [6.07, 6.45) is 0.117. The van der Waals surface area contributed by atoms with Crippen LogP contribution in [0, 0.1) is 11.3 Å². The summed E-state index contributed by atoms with van der Waals surface area (Å²) in [5.41, 5.74) is 0.619. The summed E-state index contributed by atoms with van der Waals surface area (Å²) in [6, 6.07) is 7.17. The molecule has 0 aliphatic rings.